The fourth-order valence-corrected chi connectivity index (χ4v) is 4.57. The fourth-order valence-electron chi connectivity index (χ4n) is 4.23. The molecule has 1 aliphatic heterocycles. The van der Waals surface area contributed by atoms with Crippen molar-refractivity contribution >= 4 is 35.0 Å². The highest BCUT2D eigenvalue weighted by atomic mass is 32.1. The molecule has 3 N–H and O–H groups in total. The molecule has 0 amide bonds. The Hall–Kier alpha value is -4.57. The number of nitrogens with one attached hydrogen (secondary N) is 1. The Kier molecular flexibility index (Phi) is 5.95. The maximum atomic E-state index is 14.9. The Morgan fingerprint density at radius 1 is 0.972 bits per heavy atom. The van der Waals surface area contributed by atoms with Crippen molar-refractivity contribution in [2.45, 2.75) is 12.1 Å². The van der Waals surface area contributed by atoms with Crippen LogP contribution >= 0.6 is 12.2 Å². The number of rotatable bonds is 6. The number of furan rings is 1. The average molecular weight is 504 g/mol. The predicted octanol–water partition coefficient (Wildman–Crippen LogP) is 5.05. The molecule has 10 heteroatoms. The summed E-state index contributed by atoms with van der Waals surface area (Å²) in [4.78, 5) is 29.1. The van der Waals surface area contributed by atoms with Gasteiger partial charge in [0.15, 0.2) is 5.11 Å². The number of carboxylic acids is 2. The van der Waals surface area contributed by atoms with Crippen LogP contribution in [0.5, 0.6) is 0 Å². The summed E-state index contributed by atoms with van der Waals surface area (Å²) in [5, 5.41) is 22.3. The number of aromatic nitrogens is 1. The van der Waals surface area contributed by atoms with Gasteiger partial charge in [0.25, 0.3) is 0 Å². The second-order valence-corrected chi connectivity index (χ2v) is 8.45. The van der Waals surface area contributed by atoms with E-state index in [9.17, 15) is 24.2 Å². The minimum absolute atomic E-state index is 0.189. The summed E-state index contributed by atoms with van der Waals surface area (Å²) in [7, 11) is 0. The van der Waals surface area contributed by atoms with E-state index in [4.69, 9.17) is 16.6 Å². The molecule has 1 saturated heterocycles. The van der Waals surface area contributed by atoms with Crippen LogP contribution in [-0.2, 0) is 0 Å². The number of para-hydroxylation sites is 1. The highest BCUT2D eigenvalue weighted by Gasteiger charge is 2.43. The third-order valence-electron chi connectivity index (χ3n) is 5.84. The van der Waals surface area contributed by atoms with E-state index in [1.54, 1.807) is 47.5 Å². The molecule has 3 heterocycles. The highest BCUT2D eigenvalue weighted by molar-refractivity contribution is 7.80. The molecule has 0 radical (unpaired) electrons. The van der Waals surface area contributed by atoms with Gasteiger partial charge in [-0.1, -0.05) is 18.2 Å². The molecule has 0 aliphatic carbocycles. The summed E-state index contributed by atoms with van der Waals surface area (Å²) in [6.45, 7) is 0. The van der Waals surface area contributed by atoms with Gasteiger partial charge in [0.05, 0.1) is 28.6 Å². The lowest BCUT2D eigenvalue weighted by Crippen LogP contribution is -2.30. The van der Waals surface area contributed by atoms with Crippen molar-refractivity contribution in [3.8, 4) is 11.3 Å². The summed E-state index contributed by atoms with van der Waals surface area (Å²) in [5.41, 5.74) is 0.802. The summed E-state index contributed by atoms with van der Waals surface area (Å²) >= 11 is 5.58. The Morgan fingerprint density at radius 3 is 2.31 bits per heavy atom. The lowest BCUT2D eigenvalue weighted by atomic mass is 10.0. The molecule has 8 nitrogen and oxygen atoms in total. The van der Waals surface area contributed by atoms with Crippen LogP contribution in [0, 0.1) is 5.82 Å². The maximum absolute atomic E-state index is 14.9. The van der Waals surface area contributed by atoms with Gasteiger partial charge in [-0.25, -0.2) is 14.0 Å². The Bertz CT molecular complexity index is 1460. The summed E-state index contributed by atoms with van der Waals surface area (Å²) in [5.74, 6) is -2.36. The zero-order chi connectivity index (χ0) is 25.4. The number of hydrogen-bond donors (Lipinski definition) is 3. The molecule has 2 atom stereocenters. The standard InChI is InChI=1S/C26H18FN3O5S/c27-17-5-1-2-7-19(17)30-23(22(29-26(30)36)18-6-3-4-10-28-18)21-9-8-20(35-21)14-11-15(24(31)32)13-16(12-14)25(33)34/h1-13,22-23H,(H,29,36)(H,31,32)(H,33,34)/t22-,23-/m0/s1. The number of halogens is 1. The largest absolute Gasteiger partial charge is 0.478 e. The normalized spacial score (nSPS) is 17.1. The number of carbonyl (C=O) groups is 2. The van der Waals surface area contributed by atoms with E-state index in [2.05, 4.69) is 10.3 Å². The van der Waals surface area contributed by atoms with Crippen LogP contribution in [0.2, 0.25) is 0 Å². The number of aromatic carboxylic acids is 2. The minimum Gasteiger partial charge on any atom is -0.478 e. The first-order chi connectivity index (χ1) is 17.3. The molecule has 4 aromatic rings. The van der Waals surface area contributed by atoms with Crippen molar-refractivity contribution in [3.05, 3.63) is 107 Å². The van der Waals surface area contributed by atoms with Crippen LogP contribution < -0.4 is 10.2 Å². The van der Waals surface area contributed by atoms with Crippen molar-refractivity contribution in [2.75, 3.05) is 4.90 Å². The number of nitrogens with zero attached hydrogens (tertiary/aromatic N) is 2. The smallest absolute Gasteiger partial charge is 0.335 e. The van der Waals surface area contributed by atoms with Gasteiger partial charge in [0.1, 0.15) is 23.4 Å². The van der Waals surface area contributed by atoms with Crippen molar-refractivity contribution < 1.29 is 28.6 Å². The summed E-state index contributed by atoms with van der Waals surface area (Å²) in [6.07, 6.45) is 1.64. The molecule has 5 rings (SSSR count). The zero-order valence-corrected chi connectivity index (χ0v) is 19.3. The molecule has 1 aliphatic rings. The molecule has 0 unspecified atom stereocenters. The average Bonchev–Trinajstić information content (AvgIpc) is 3.49. The lowest BCUT2D eigenvalue weighted by Gasteiger charge is -2.26. The topological polar surface area (TPSA) is 116 Å². The van der Waals surface area contributed by atoms with Gasteiger partial charge >= 0.3 is 11.9 Å². The first-order valence-corrected chi connectivity index (χ1v) is 11.2. The van der Waals surface area contributed by atoms with Crippen LogP contribution in [0.3, 0.4) is 0 Å². The maximum Gasteiger partial charge on any atom is 0.335 e. The quantitative estimate of drug-likeness (QED) is 0.311. The third-order valence-corrected chi connectivity index (χ3v) is 6.15. The predicted molar refractivity (Wildman–Crippen MR) is 132 cm³/mol. The number of pyridine rings is 1. The van der Waals surface area contributed by atoms with Gasteiger partial charge in [-0.2, -0.15) is 0 Å². The third kappa shape index (κ3) is 4.18. The lowest BCUT2D eigenvalue weighted by molar-refractivity contribution is 0.0696. The van der Waals surface area contributed by atoms with Gasteiger partial charge in [-0.05, 0) is 66.8 Å². The Morgan fingerprint density at radius 2 is 1.67 bits per heavy atom. The molecule has 0 saturated carbocycles. The van der Waals surface area contributed by atoms with E-state index >= 15 is 0 Å². The van der Waals surface area contributed by atoms with Crippen LogP contribution in [-0.4, -0.2) is 32.2 Å². The minimum atomic E-state index is -1.27. The van der Waals surface area contributed by atoms with Gasteiger partial charge in [-0.3, -0.25) is 4.98 Å². The summed E-state index contributed by atoms with van der Waals surface area (Å²) in [6, 6.07) is 17.5. The number of hydrogen-bond acceptors (Lipinski definition) is 5. The Balaban J connectivity index is 1.63. The van der Waals surface area contributed by atoms with Crippen LogP contribution in [0.4, 0.5) is 10.1 Å². The van der Waals surface area contributed by atoms with E-state index in [0.717, 1.165) is 6.07 Å². The van der Waals surface area contributed by atoms with Crippen molar-refractivity contribution in [2.24, 2.45) is 0 Å². The van der Waals surface area contributed by atoms with Crippen molar-refractivity contribution in [1.82, 2.24) is 10.3 Å². The second-order valence-electron chi connectivity index (χ2n) is 8.06. The molecule has 0 bridgehead atoms. The second kappa shape index (κ2) is 9.23. The fraction of sp³-hybridized carbons (Fsp3) is 0.0769. The highest BCUT2D eigenvalue weighted by Crippen LogP contribution is 2.43. The van der Waals surface area contributed by atoms with E-state index in [-0.39, 0.29) is 33.3 Å². The van der Waals surface area contributed by atoms with Crippen LogP contribution in [0.1, 0.15) is 44.3 Å². The van der Waals surface area contributed by atoms with E-state index in [1.165, 1.54) is 18.2 Å². The number of benzene rings is 2. The SMILES string of the molecule is O=C(O)c1cc(C(=O)O)cc(-c2ccc([C@H]3[C@H](c4ccccn4)NC(=S)N3c3ccccc3F)o2)c1. The Labute approximate surface area is 209 Å². The van der Waals surface area contributed by atoms with Crippen molar-refractivity contribution in [3.63, 3.8) is 0 Å². The molecule has 1 fully saturated rings. The zero-order valence-electron chi connectivity index (χ0n) is 18.5. The molecule has 0 spiro atoms. The summed E-state index contributed by atoms with van der Waals surface area (Å²) < 4.78 is 21.0. The monoisotopic (exact) mass is 503 g/mol. The van der Waals surface area contributed by atoms with E-state index in [1.807, 2.05) is 12.1 Å². The van der Waals surface area contributed by atoms with Crippen LogP contribution in [0.25, 0.3) is 11.3 Å². The van der Waals surface area contributed by atoms with Crippen LogP contribution in [0.15, 0.2) is 83.4 Å². The first kappa shape index (κ1) is 23.2. The van der Waals surface area contributed by atoms with Gasteiger partial charge in [0.2, 0.25) is 0 Å². The first-order valence-electron chi connectivity index (χ1n) is 10.8. The number of carboxylic acid groups (broad SMARTS) is 2. The molecule has 180 valence electrons. The van der Waals surface area contributed by atoms with E-state index in [0.29, 0.717) is 11.5 Å². The van der Waals surface area contributed by atoms with Crippen molar-refractivity contribution in [1.29, 1.82) is 0 Å². The number of thiocarbonyl (C=S) groups is 1. The van der Waals surface area contributed by atoms with Gasteiger partial charge in [-0.15, -0.1) is 0 Å². The number of anilines is 1. The van der Waals surface area contributed by atoms with Gasteiger partial charge < -0.3 is 24.8 Å². The van der Waals surface area contributed by atoms with Gasteiger partial charge in [0, 0.05) is 11.8 Å². The molecule has 36 heavy (non-hydrogen) atoms. The molecular weight excluding hydrogens is 485 g/mol. The molecule has 2 aromatic heterocycles. The molecular formula is C26H18FN3O5S. The molecule has 2 aromatic carbocycles. The van der Waals surface area contributed by atoms with E-state index < -0.39 is 29.8 Å².